The molecule has 2 aliphatic heterocycles. The summed E-state index contributed by atoms with van der Waals surface area (Å²) < 4.78 is 31.1. The first-order valence-corrected chi connectivity index (χ1v) is 10.1. The average Bonchev–Trinajstić information content (AvgIpc) is 3.31. The van der Waals surface area contributed by atoms with E-state index < -0.39 is 27.4 Å². The number of nitrogens with zero attached hydrogens (tertiary/aromatic N) is 3. The zero-order valence-electron chi connectivity index (χ0n) is 15.6. The number of ether oxygens (including phenoxy) is 1. The van der Waals surface area contributed by atoms with Crippen LogP contribution in [-0.4, -0.2) is 86.7 Å². The van der Waals surface area contributed by atoms with Gasteiger partial charge in [-0.3, -0.25) is 9.69 Å². The molecule has 0 radical (unpaired) electrons. The van der Waals surface area contributed by atoms with Gasteiger partial charge in [-0.25, -0.2) is 17.5 Å². The molecule has 2 fully saturated rings. The van der Waals surface area contributed by atoms with Crippen molar-refractivity contribution >= 4 is 21.9 Å². The van der Waals surface area contributed by atoms with E-state index in [1.807, 2.05) is 13.8 Å². The Balaban J connectivity index is 1.97. The minimum absolute atomic E-state index is 0.0627. The van der Waals surface area contributed by atoms with Crippen LogP contribution in [0, 0.1) is 11.8 Å². The number of carbonyl (C=O) groups is 2. The van der Waals surface area contributed by atoms with Gasteiger partial charge in [0.1, 0.15) is 11.4 Å². The lowest BCUT2D eigenvalue weighted by Crippen LogP contribution is -2.50. The number of likely N-dealkylation sites (N-methyl/N-ethyl adjacent to an activating group) is 2. The number of piperidine rings is 1. The van der Waals surface area contributed by atoms with Crippen molar-refractivity contribution in [1.82, 2.24) is 14.1 Å². The molecule has 0 aromatic heterocycles. The van der Waals surface area contributed by atoms with Gasteiger partial charge in [0.15, 0.2) is 0 Å². The predicted molar refractivity (Wildman–Crippen MR) is 93.0 cm³/mol. The Morgan fingerprint density at radius 3 is 2.12 bits per heavy atom. The highest BCUT2D eigenvalue weighted by Gasteiger charge is 2.46. The predicted octanol–water partition coefficient (Wildman–Crippen LogP) is -0.0443. The molecule has 2 rings (SSSR count). The Morgan fingerprint density at radius 2 is 1.72 bits per heavy atom. The topological polar surface area (TPSA) is 87.0 Å². The van der Waals surface area contributed by atoms with Gasteiger partial charge in [-0.2, -0.15) is 0 Å². The fraction of sp³-hybridized carbons (Fsp3) is 0.875. The van der Waals surface area contributed by atoms with Gasteiger partial charge < -0.3 is 9.64 Å². The molecule has 9 heteroatoms. The zero-order chi connectivity index (χ0) is 18.9. The van der Waals surface area contributed by atoms with Crippen LogP contribution in [-0.2, 0) is 24.3 Å². The van der Waals surface area contributed by atoms with Crippen LogP contribution in [0.4, 0.5) is 0 Å². The lowest BCUT2D eigenvalue weighted by molar-refractivity contribution is -0.155. The van der Waals surface area contributed by atoms with E-state index in [0.717, 1.165) is 0 Å². The number of amides is 1. The van der Waals surface area contributed by atoms with Crippen molar-refractivity contribution in [1.29, 1.82) is 0 Å². The first kappa shape index (κ1) is 20.1. The summed E-state index contributed by atoms with van der Waals surface area (Å²) in [6.07, 6.45) is 0.954. The molecule has 0 saturated carbocycles. The van der Waals surface area contributed by atoms with Gasteiger partial charge in [0, 0.05) is 32.6 Å². The second kappa shape index (κ2) is 7.59. The van der Waals surface area contributed by atoms with E-state index in [2.05, 4.69) is 0 Å². The van der Waals surface area contributed by atoms with E-state index in [-0.39, 0.29) is 17.7 Å². The van der Waals surface area contributed by atoms with E-state index in [1.54, 1.807) is 19.0 Å². The van der Waals surface area contributed by atoms with Gasteiger partial charge >= 0.3 is 5.97 Å². The van der Waals surface area contributed by atoms with Crippen LogP contribution in [0.15, 0.2) is 0 Å². The lowest BCUT2D eigenvalue weighted by atomic mass is 9.94. The first-order chi connectivity index (χ1) is 11.6. The average molecular weight is 375 g/mol. The molecule has 0 aromatic rings. The molecule has 2 aliphatic rings. The van der Waals surface area contributed by atoms with Gasteiger partial charge in [-0.1, -0.05) is 13.8 Å². The third-order valence-corrected chi connectivity index (χ3v) is 7.43. The normalized spacial score (nSPS) is 26.3. The number of methoxy groups -OCH3 is 1. The summed E-state index contributed by atoms with van der Waals surface area (Å²) in [4.78, 5) is 28.0. The third-order valence-electron chi connectivity index (χ3n) is 5.15. The summed E-state index contributed by atoms with van der Waals surface area (Å²) in [5, 5.41) is -0.410. The number of esters is 1. The molecule has 8 nitrogen and oxygen atoms in total. The highest BCUT2D eigenvalue weighted by atomic mass is 32.2. The molecule has 0 aliphatic carbocycles. The number of hydrogen-bond acceptors (Lipinski definition) is 6. The van der Waals surface area contributed by atoms with Crippen LogP contribution >= 0.6 is 0 Å². The molecule has 144 valence electrons. The van der Waals surface area contributed by atoms with E-state index in [9.17, 15) is 18.0 Å². The summed E-state index contributed by atoms with van der Waals surface area (Å²) in [6, 6.07) is -0.626. The van der Waals surface area contributed by atoms with Crippen LogP contribution in [0.2, 0.25) is 0 Å². The Bertz CT molecular complexity index is 613. The molecule has 2 saturated heterocycles. The maximum Gasteiger partial charge on any atom is 0.328 e. The summed E-state index contributed by atoms with van der Waals surface area (Å²) in [5.74, 6) is -0.876. The van der Waals surface area contributed by atoms with Crippen molar-refractivity contribution in [3.05, 3.63) is 0 Å². The molecule has 25 heavy (non-hydrogen) atoms. The van der Waals surface area contributed by atoms with Gasteiger partial charge in [-0.05, 0) is 25.8 Å². The Labute approximate surface area is 150 Å². The van der Waals surface area contributed by atoms with Crippen molar-refractivity contribution in [3.8, 4) is 0 Å². The lowest BCUT2D eigenvalue weighted by Gasteiger charge is -2.35. The molecular weight excluding hydrogens is 346 g/mol. The molecular formula is C16H29N3O5S. The number of sulfonamides is 1. The summed E-state index contributed by atoms with van der Waals surface area (Å²) in [7, 11) is 1.42. The third kappa shape index (κ3) is 4.15. The maximum atomic E-state index is 12.8. The van der Waals surface area contributed by atoms with Crippen molar-refractivity contribution < 1.29 is 22.7 Å². The first-order valence-electron chi connectivity index (χ1n) is 8.65. The molecule has 2 unspecified atom stereocenters. The van der Waals surface area contributed by atoms with Crippen LogP contribution in [0.3, 0.4) is 0 Å². The highest BCUT2D eigenvalue weighted by Crippen LogP contribution is 2.29. The SMILES string of the molecule is COC(=O)C(C(C)C)N(C)C(=O)C1CCN(S(=O)(=O)C2C[N@@]2C)CC1. The summed E-state index contributed by atoms with van der Waals surface area (Å²) in [6.45, 7) is 5.00. The second-order valence-corrected chi connectivity index (χ2v) is 9.36. The van der Waals surface area contributed by atoms with Gasteiger partial charge in [0.05, 0.1) is 7.11 Å². The fourth-order valence-corrected chi connectivity index (χ4v) is 5.42. The van der Waals surface area contributed by atoms with Crippen molar-refractivity contribution in [2.75, 3.05) is 40.8 Å². The van der Waals surface area contributed by atoms with Crippen LogP contribution < -0.4 is 0 Å². The monoisotopic (exact) mass is 375 g/mol. The summed E-state index contributed by atoms with van der Waals surface area (Å²) in [5.41, 5.74) is 0. The maximum absolute atomic E-state index is 12.8. The minimum atomic E-state index is -3.29. The largest absolute Gasteiger partial charge is 0.467 e. The molecule has 1 amide bonds. The smallest absolute Gasteiger partial charge is 0.328 e. The second-order valence-electron chi connectivity index (χ2n) is 7.27. The van der Waals surface area contributed by atoms with E-state index >= 15 is 0 Å². The Morgan fingerprint density at radius 1 is 1.20 bits per heavy atom. The minimum Gasteiger partial charge on any atom is -0.467 e. The van der Waals surface area contributed by atoms with E-state index in [4.69, 9.17) is 4.74 Å². The molecule has 0 bridgehead atoms. The quantitative estimate of drug-likeness (QED) is 0.478. The van der Waals surface area contributed by atoms with Crippen LogP contribution in [0.5, 0.6) is 0 Å². The van der Waals surface area contributed by atoms with E-state index in [1.165, 1.54) is 16.3 Å². The number of carbonyl (C=O) groups excluding carboxylic acids is 2. The van der Waals surface area contributed by atoms with E-state index in [0.29, 0.717) is 32.5 Å². The molecule has 0 N–H and O–H groups in total. The van der Waals surface area contributed by atoms with Crippen LogP contribution in [0.25, 0.3) is 0 Å². The number of hydrogen-bond donors (Lipinski definition) is 0. The molecule has 0 spiro atoms. The standard InChI is InChI=1S/C16H29N3O5S/c1-11(2)14(16(21)24-5)18(4)15(20)12-6-8-19(9-7-12)25(22,23)13-10-17(13)3/h11-14H,6-10H2,1-5H3/t13?,14?,17-/m1/s1. The number of rotatable bonds is 6. The van der Waals surface area contributed by atoms with Gasteiger partial charge in [0.2, 0.25) is 15.9 Å². The Hall–Kier alpha value is -1.19. The van der Waals surface area contributed by atoms with Crippen LogP contribution in [0.1, 0.15) is 26.7 Å². The van der Waals surface area contributed by atoms with Gasteiger partial charge in [-0.15, -0.1) is 0 Å². The molecule has 3 atom stereocenters. The fourth-order valence-electron chi connectivity index (χ4n) is 3.47. The summed E-state index contributed by atoms with van der Waals surface area (Å²) >= 11 is 0. The van der Waals surface area contributed by atoms with Gasteiger partial charge in [0.25, 0.3) is 0 Å². The Kier molecular flexibility index (Phi) is 6.11. The molecule has 0 aromatic carbocycles. The van der Waals surface area contributed by atoms with Crippen molar-refractivity contribution in [2.45, 2.75) is 38.1 Å². The molecule has 2 heterocycles. The van der Waals surface area contributed by atoms with Crippen molar-refractivity contribution in [2.24, 2.45) is 11.8 Å². The van der Waals surface area contributed by atoms with Crippen molar-refractivity contribution in [3.63, 3.8) is 0 Å². The zero-order valence-corrected chi connectivity index (χ0v) is 16.5. The highest BCUT2D eigenvalue weighted by molar-refractivity contribution is 7.90.